The van der Waals surface area contributed by atoms with Crippen molar-refractivity contribution in [3.05, 3.63) is 34.6 Å². The van der Waals surface area contributed by atoms with Gasteiger partial charge < -0.3 is 9.52 Å². The van der Waals surface area contributed by atoms with Gasteiger partial charge in [-0.15, -0.1) is 0 Å². The fourth-order valence-electron chi connectivity index (χ4n) is 2.65. The molecule has 0 fully saturated rings. The number of hydrogen-bond acceptors (Lipinski definition) is 2. The number of aromatic carboxylic acids is 1. The minimum Gasteiger partial charge on any atom is -0.475 e. The number of fused-ring (bicyclic) bond motifs is 2. The van der Waals surface area contributed by atoms with Crippen molar-refractivity contribution in [3.8, 4) is 0 Å². The van der Waals surface area contributed by atoms with Crippen molar-refractivity contribution in [1.29, 1.82) is 0 Å². The summed E-state index contributed by atoms with van der Waals surface area (Å²) in [7, 11) is 0. The smallest absolute Gasteiger partial charge is 0.372 e. The Morgan fingerprint density at radius 1 is 1.24 bits per heavy atom. The highest BCUT2D eigenvalue weighted by Crippen LogP contribution is 2.31. The van der Waals surface area contributed by atoms with E-state index in [0.29, 0.717) is 5.58 Å². The van der Waals surface area contributed by atoms with Crippen LogP contribution in [0.4, 0.5) is 0 Å². The average molecular weight is 230 g/mol. The van der Waals surface area contributed by atoms with E-state index in [-0.39, 0.29) is 5.76 Å². The van der Waals surface area contributed by atoms with E-state index in [9.17, 15) is 4.79 Å². The first-order chi connectivity index (χ1) is 8.16. The monoisotopic (exact) mass is 230 g/mol. The first-order valence-corrected chi connectivity index (χ1v) is 5.95. The maximum absolute atomic E-state index is 11.0. The number of carboxylic acid groups (broad SMARTS) is 1. The van der Waals surface area contributed by atoms with Crippen LogP contribution in [0.5, 0.6) is 0 Å². The topological polar surface area (TPSA) is 50.4 Å². The molecule has 0 atom stereocenters. The van der Waals surface area contributed by atoms with E-state index in [1.54, 1.807) is 0 Å². The molecule has 1 aliphatic rings. The maximum Gasteiger partial charge on any atom is 0.372 e. The van der Waals surface area contributed by atoms with Crippen molar-refractivity contribution in [3.63, 3.8) is 0 Å². The molecule has 3 rings (SSSR count). The number of carbonyl (C=O) groups is 1. The highest BCUT2D eigenvalue weighted by molar-refractivity contribution is 5.95. The predicted molar refractivity (Wildman–Crippen MR) is 64.6 cm³/mol. The molecule has 0 saturated carbocycles. The Hall–Kier alpha value is -1.77. The molecule has 0 aliphatic heterocycles. The summed E-state index contributed by atoms with van der Waals surface area (Å²) in [5, 5.41) is 9.99. The van der Waals surface area contributed by atoms with E-state index in [4.69, 9.17) is 9.52 Å². The SMILES string of the molecule is Cc1c(C(=O)O)oc2cc3c(cc12)CCCC3. The van der Waals surface area contributed by atoms with Gasteiger partial charge in [0.05, 0.1) is 0 Å². The average Bonchev–Trinajstić information content (AvgIpc) is 2.64. The van der Waals surface area contributed by atoms with Gasteiger partial charge in [0.1, 0.15) is 5.58 Å². The molecular weight excluding hydrogens is 216 g/mol. The summed E-state index contributed by atoms with van der Waals surface area (Å²) in [4.78, 5) is 11.0. The zero-order valence-electron chi connectivity index (χ0n) is 9.75. The molecule has 1 aromatic heterocycles. The van der Waals surface area contributed by atoms with Gasteiger partial charge in [0.2, 0.25) is 5.76 Å². The first-order valence-electron chi connectivity index (χ1n) is 5.95. The summed E-state index contributed by atoms with van der Waals surface area (Å²) in [5.74, 6) is -0.918. The van der Waals surface area contributed by atoms with Crippen LogP contribution in [0.3, 0.4) is 0 Å². The molecule has 17 heavy (non-hydrogen) atoms. The number of rotatable bonds is 1. The lowest BCUT2D eigenvalue weighted by molar-refractivity contribution is 0.0664. The normalized spacial score (nSPS) is 14.9. The minimum absolute atomic E-state index is 0.0716. The molecule has 0 unspecified atom stereocenters. The predicted octanol–water partition coefficient (Wildman–Crippen LogP) is 3.32. The van der Waals surface area contributed by atoms with Crippen LogP contribution in [0, 0.1) is 6.92 Å². The molecule has 0 radical (unpaired) electrons. The Kier molecular flexibility index (Phi) is 2.21. The van der Waals surface area contributed by atoms with Crippen LogP contribution in [0.2, 0.25) is 0 Å². The maximum atomic E-state index is 11.0. The molecule has 1 heterocycles. The number of benzene rings is 1. The Morgan fingerprint density at radius 3 is 2.53 bits per heavy atom. The Balaban J connectivity index is 2.27. The van der Waals surface area contributed by atoms with Crippen molar-refractivity contribution < 1.29 is 14.3 Å². The Morgan fingerprint density at radius 2 is 1.88 bits per heavy atom. The number of carboxylic acids is 1. The van der Waals surface area contributed by atoms with Crippen LogP contribution in [0.15, 0.2) is 16.5 Å². The van der Waals surface area contributed by atoms with Crippen LogP contribution in [-0.4, -0.2) is 11.1 Å². The molecule has 0 saturated heterocycles. The van der Waals surface area contributed by atoms with Crippen LogP contribution < -0.4 is 0 Å². The quantitative estimate of drug-likeness (QED) is 0.817. The fraction of sp³-hybridized carbons (Fsp3) is 0.357. The molecule has 3 nitrogen and oxygen atoms in total. The molecule has 0 amide bonds. The highest BCUT2D eigenvalue weighted by atomic mass is 16.4. The lowest BCUT2D eigenvalue weighted by Gasteiger charge is -2.14. The number of hydrogen-bond donors (Lipinski definition) is 1. The van der Waals surface area contributed by atoms with Gasteiger partial charge in [-0.25, -0.2) is 4.79 Å². The van der Waals surface area contributed by atoms with Gasteiger partial charge >= 0.3 is 5.97 Å². The summed E-state index contributed by atoms with van der Waals surface area (Å²) >= 11 is 0. The second kappa shape index (κ2) is 3.62. The summed E-state index contributed by atoms with van der Waals surface area (Å²) in [6.45, 7) is 1.81. The molecular formula is C14H14O3. The molecule has 0 spiro atoms. The lowest BCUT2D eigenvalue weighted by Crippen LogP contribution is -2.01. The third kappa shape index (κ3) is 1.54. The summed E-state index contributed by atoms with van der Waals surface area (Å²) in [5.41, 5.74) is 4.11. The second-order valence-electron chi connectivity index (χ2n) is 4.69. The van der Waals surface area contributed by atoms with Crippen molar-refractivity contribution in [1.82, 2.24) is 0 Å². The first kappa shape index (κ1) is 10.4. The van der Waals surface area contributed by atoms with Crippen molar-refractivity contribution in [2.45, 2.75) is 32.6 Å². The van der Waals surface area contributed by atoms with E-state index in [1.807, 2.05) is 13.0 Å². The third-order valence-electron chi connectivity index (χ3n) is 3.59. The standard InChI is InChI=1S/C14H14O3/c1-8-11-6-9-4-2-3-5-10(9)7-12(11)17-13(8)14(15)16/h6-7H,2-5H2,1H3,(H,15,16). The van der Waals surface area contributed by atoms with Gasteiger partial charge in [-0.1, -0.05) is 0 Å². The molecule has 1 aliphatic carbocycles. The molecule has 88 valence electrons. The zero-order valence-corrected chi connectivity index (χ0v) is 9.75. The summed E-state index contributed by atoms with van der Waals surface area (Å²) < 4.78 is 5.43. The molecule has 2 aromatic rings. The van der Waals surface area contributed by atoms with Crippen LogP contribution in [0.25, 0.3) is 11.0 Å². The van der Waals surface area contributed by atoms with Gasteiger partial charge in [-0.2, -0.15) is 0 Å². The van der Waals surface area contributed by atoms with Crippen molar-refractivity contribution in [2.75, 3.05) is 0 Å². The summed E-state index contributed by atoms with van der Waals surface area (Å²) in [6.07, 6.45) is 4.61. The van der Waals surface area contributed by atoms with Crippen molar-refractivity contribution >= 4 is 16.9 Å². The van der Waals surface area contributed by atoms with E-state index in [2.05, 4.69) is 6.07 Å². The molecule has 3 heteroatoms. The minimum atomic E-state index is -0.989. The number of aryl methyl sites for hydroxylation is 3. The van der Waals surface area contributed by atoms with Gasteiger partial charge in [-0.3, -0.25) is 0 Å². The van der Waals surface area contributed by atoms with E-state index in [1.165, 1.54) is 24.0 Å². The van der Waals surface area contributed by atoms with E-state index < -0.39 is 5.97 Å². The van der Waals surface area contributed by atoms with Crippen LogP contribution in [0.1, 0.15) is 40.1 Å². The summed E-state index contributed by atoms with van der Waals surface area (Å²) in [6, 6.07) is 4.12. The lowest BCUT2D eigenvalue weighted by atomic mass is 9.90. The Bertz CT molecular complexity index is 607. The molecule has 1 N–H and O–H groups in total. The van der Waals surface area contributed by atoms with E-state index in [0.717, 1.165) is 23.8 Å². The van der Waals surface area contributed by atoms with Crippen LogP contribution in [-0.2, 0) is 12.8 Å². The largest absolute Gasteiger partial charge is 0.475 e. The highest BCUT2D eigenvalue weighted by Gasteiger charge is 2.19. The van der Waals surface area contributed by atoms with Gasteiger partial charge in [0, 0.05) is 10.9 Å². The Labute approximate surface area is 99.0 Å². The van der Waals surface area contributed by atoms with Gasteiger partial charge in [0.15, 0.2) is 0 Å². The second-order valence-corrected chi connectivity index (χ2v) is 4.69. The van der Waals surface area contributed by atoms with Gasteiger partial charge in [-0.05, 0) is 55.9 Å². The molecule has 0 bridgehead atoms. The third-order valence-corrected chi connectivity index (χ3v) is 3.59. The zero-order chi connectivity index (χ0) is 12.0. The number of furan rings is 1. The van der Waals surface area contributed by atoms with Gasteiger partial charge in [0.25, 0.3) is 0 Å². The molecule has 1 aromatic carbocycles. The van der Waals surface area contributed by atoms with Crippen LogP contribution >= 0.6 is 0 Å². The van der Waals surface area contributed by atoms with Crippen molar-refractivity contribution in [2.24, 2.45) is 0 Å². The fourth-order valence-corrected chi connectivity index (χ4v) is 2.65. The van der Waals surface area contributed by atoms with E-state index >= 15 is 0 Å².